The molecule has 5 nitrogen and oxygen atoms in total. The summed E-state index contributed by atoms with van der Waals surface area (Å²) in [6, 6.07) is 0. The van der Waals surface area contributed by atoms with Crippen molar-refractivity contribution in [1.29, 1.82) is 0 Å². The van der Waals surface area contributed by atoms with Crippen LogP contribution in [0.2, 0.25) is 0 Å². The van der Waals surface area contributed by atoms with Gasteiger partial charge in [-0.05, 0) is 26.3 Å². The fourth-order valence-electron chi connectivity index (χ4n) is 0.877. The second-order valence-electron chi connectivity index (χ2n) is 3.86. The first kappa shape index (κ1) is 14.6. The van der Waals surface area contributed by atoms with Gasteiger partial charge in [-0.3, -0.25) is 9.79 Å². The number of nitrogens with two attached hydrogens (primary N) is 2. The molecule has 6 heteroatoms. The van der Waals surface area contributed by atoms with Crippen LogP contribution in [0.15, 0.2) is 16.9 Å². The van der Waals surface area contributed by atoms with Crippen LogP contribution in [0.25, 0.3) is 0 Å². The molecule has 0 rings (SSSR count). The maximum Gasteiger partial charge on any atom is 0.323 e. The molecule has 1 atom stereocenters. The molecule has 0 aromatic heterocycles. The number of allylic oxidation sites excluding steroid dienone is 1. The molecule has 0 aromatic rings. The van der Waals surface area contributed by atoms with Gasteiger partial charge in [0.05, 0.1) is 18.2 Å². The van der Waals surface area contributed by atoms with Crippen molar-refractivity contribution >= 4 is 11.8 Å². The summed E-state index contributed by atoms with van der Waals surface area (Å²) in [5.74, 6) is -1.20. The lowest BCUT2D eigenvalue weighted by molar-refractivity contribution is -0.142. The Kier molecular flexibility index (Phi) is 5.66. The quantitative estimate of drug-likeness (QED) is 0.464. The third kappa shape index (κ3) is 6.13. The minimum atomic E-state index is -1.40. The van der Waals surface area contributed by atoms with E-state index in [4.69, 9.17) is 16.6 Å². The summed E-state index contributed by atoms with van der Waals surface area (Å²) in [6.07, 6.45) is 1.28. The van der Waals surface area contributed by atoms with E-state index in [2.05, 4.69) is 4.99 Å². The summed E-state index contributed by atoms with van der Waals surface area (Å²) < 4.78 is 13.1. The summed E-state index contributed by atoms with van der Waals surface area (Å²) in [6.45, 7) is 3.11. The molecule has 5 N–H and O–H groups in total. The van der Waals surface area contributed by atoms with Crippen molar-refractivity contribution in [2.24, 2.45) is 16.5 Å². The van der Waals surface area contributed by atoms with Gasteiger partial charge in [0.15, 0.2) is 0 Å². The first-order chi connectivity index (χ1) is 7.25. The maximum absolute atomic E-state index is 13.1. The SMILES string of the molecule is CC(N)=NC/C=C(\F)CCC(C)(N)C(=O)O. The van der Waals surface area contributed by atoms with E-state index in [1.165, 1.54) is 13.0 Å². The standard InChI is InChI=1S/C10H18FN3O2/c1-7(12)14-6-4-8(11)3-5-10(2,13)9(15)16/h4H,3,5-6,13H2,1-2H3,(H2,12,14)(H,15,16)/b8-4-. The van der Waals surface area contributed by atoms with Crippen molar-refractivity contribution < 1.29 is 14.3 Å². The summed E-state index contributed by atoms with van der Waals surface area (Å²) in [4.78, 5) is 14.4. The fraction of sp³-hybridized carbons (Fsp3) is 0.600. The van der Waals surface area contributed by atoms with E-state index in [9.17, 15) is 9.18 Å². The third-order valence-corrected chi connectivity index (χ3v) is 2.03. The Morgan fingerprint density at radius 3 is 2.62 bits per heavy atom. The zero-order valence-corrected chi connectivity index (χ0v) is 9.53. The van der Waals surface area contributed by atoms with E-state index >= 15 is 0 Å². The van der Waals surface area contributed by atoms with Crippen molar-refractivity contribution in [3.8, 4) is 0 Å². The molecule has 0 aliphatic rings. The second-order valence-corrected chi connectivity index (χ2v) is 3.86. The average Bonchev–Trinajstić information content (AvgIpc) is 2.14. The lowest BCUT2D eigenvalue weighted by Crippen LogP contribution is -2.44. The Morgan fingerprint density at radius 2 is 2.19 bits per heavy atom. The number of hydrogen-bond donors (Lipinski definition) is 3. The van der Waals surface area contributed by atoms with E-state index in [-0.39, 0.29) is 19.4 Å². The molecule has 0 radical (unpaired) electrons. The Hall–Kier alpha value is -1.43. The zero-order valence-electron chi connectivity index (χ0n) is 9.53. The molecular formula is C10H18FN3O2. The molecule has 0 amide bonds. The first-order valence-corrected chi connectivity index (χ1v) is 4.89. The molecule has 0 saturated heterocycles. The summed E-state index contributed by atoms with van der Waals surface area (Å²) in [5.41, 5.74) is 9.30. The number of halogens is 1. The molecule has 0 spiro atoms. The number of hydrogen-bond acceptors (Lipinski definition) is 3. The van der Waals surface area contributed by atoms with Gasteiger partial charge in [-0.2, -0.15) is 0 Å². The van der Waals surface area contributed by atoms with Crippen LogP contribution in [0.4, 0.5) is 4.39 Å². The van der Waals surface area contributed by atoms with Crippen molar-refractivity contribution in [2.75, 3.05) is 6.54 Å². The number of aliphatic carboxylic acids is 1. The molecular weight excluding hydrogens is 213 g/mol. The number of nitrogens with zero attached hydrogens (tertiary/aromatic N) is 1. The van der Waals surface area contributed by atoms with Gasteiger partial charge in [-0.25, -0.2) is 4.39 Å². The lowest BCUT2D eigenvalue weighted by Gasteiger charge is -2.17. The minimum absolute atomic E-state index is 0.0154. The first-order valence-electron chi connectivity index (χ1n) is 4.89. The summed E-state index contributed by atoms with van der Waals surface area (Å²) in [5, 5.41) is 8.70. The molecule has 1 unspecified atom stereocenters. The molecule has 92 valence electrons. The fourth-order valence-corrected chi connectivity index (χ4v) is 0.877. The molecule has 0 aliphatic heterocycles. The van der Waals surface area contributed by atoms with Gasteiger partial charge in [0, 0.05) is 6.42 Å². The van der Waals surface area contributed by atoms with Gasteiger partial charge in [0.2, 0.25) is 0 Å². The number of carbonyl (C=O) groups is 1. The van der Waals surface area contributed by atoms with Crippen molar-refractivity contribution in [2.45, 2.75) is 32.2 Å². The van der Waals surface area contributed by atoms with Gasteiger partial charge < -0.3 is 16.6 Å². The highest BCUT2D eigenvalue weighted by atomic mass is 19.1. The molecule has 0 heterocycles. The van der Waals surface area contributed by atoms with E-state index in [0.29, 0.717) is 5.84 Å². The third-order valence-electron chi connectivity index (χ3n) is 2.03. The minimum Gasteiger partial charge on any atom is -0.480 e. The van der Waals surface area contributed by atoms with Crippen LogP contribution in [-0.4, -0.2) is 29.0 Å². The van der Waals surface area contributed by atoms with Crippen LogP contribution >= 0.6 is 0 Å². The highest BCUT2D eigenvalue weighted by Gasteiger charge is 2.27. The van der Waals surface area contributed by atoms with Crippen LogP contribution in [0, 0.1) is 0 Å². The van der Waals surface area contributed by atoms with Crippen molar-refractivity contribution in [3.63, 3.8) is 0 Å². The van der Waals surface area contributed by atoms with Crippen LogP contribution in [0.3, 0.4) is 0 Å². The van der Waals surface area contributed by atoms with Crippen molar-refractivity contribution in [3.05, 3.63) is 11.9 Å². The van der Waals surface area contributed by atoms with E-state index < -0.39 is 17.3 Å². The van der Waals surface area contributed by atoms with Gasteiger partial charge in [-0.1, -0.05) is 0 Å². The van der Waals surface area contributed by atoms with Gasteiger partial charge in [0.1, 0.15) is 5.54 Å². The van der Waals surface area contributed by atoms with Crippen molar-refractivity contribution in [1.82, 2.24) is 0 Å². The topological polar surface area (TPSA) is 102 Å². The Labute approximate surface area is 94.0 Å². The number of carboxylic acid groups (broad SMARTS) is 1. The summed E-state index contributed by atoms with van der Waals surface area (Å²) in [7, 11) is 0. The zero-order chi connectivity index (χ0) is 12.8. The number of rotatable bonds is 6. The highest BCUT2D eigenvalue weighted by Crippen LogP contribution is 2.15. The Bertz CT molecular complexity index is 307. The molecule has 0 fully saturated rings. The summed E-state index contributed by atoms with van der Waals surface area (Å²) >= 11 is 0. The largest absolute Gasteiger partial charge is 0.480 e. The second kappa shape index (κ2) is 6.22. The predicted octanol–water partition coefficient (Wildman–Crippen LogP) is 0.799. The Morgan fingerprint density at radius 1 is 1.62 bits per heavy atom. The van der Waals surface area contributed by atoms with E-state index in [1.807, 2.05) is 0 Å². The lowest BCUT2D eigenvalue weighted by atomic mass is 9.97. The average molecular weight is 231 g/mol. The van der Waals surface area contributed by atoms with Gasteiger partial charge in [-0.15, -0.1) is 0 Å². The normalized spacial score (nSPS) is 17.0. The van der Waals surface area contributed by atoms with Crippen LogP contribution in [-0.2, 0) is 4.79 Å². The number of amidine groups is 1. The van der Waals surface area contributed by atoms with Gasteiger partial charge >= 0.3 is 5.97 Å². The monoisotopic (exact) mass is 231 g/mol. The molecule has 0 saturated carbocycles. The highest BCUT2D eigenvalue weighted by molar-refractivity contribution is 5.78. The molecule has 0 bridgehead atoms. The Balaban J connectivity index is 4.12. The van der Waals surface area contributed by atoms with Crippen LogP contribution in [0.5, 0.6) is 0 Å². The van der Waals surface area contributed by atoms with Crippen LogP contribution in [0.1, 0.15) is 26.7 Å². The van der Waals surface area contributed by atoms with Crippen LogP contribution < -0.4 is 11.5 Å². The maximum atomic E-state index is 13.1. The molecule has 16 heavy (non-hydrogen) atoms. The smallest absolute Gasteiger partial charge is 0.323 e. The van der Waals surface area contributed by atoms with Gasteiger partial charge in [0.25, 0.3) is 0 Å². The van der Waals surface area contributed by atoms with E-state index in [1.54, 1.807) is 6.92 Å². The van der Waals surface area contributed by atoms with E-state index in [0.717, 1.165) is 0 Å². The molecule has 0 aliphatic carbocycles. The number of aliphatic imine (C=N–C) groups is 1. The predicted molar refractivity (Wildman–Crippen MR) is 60.8 cm³/mol. The molecule has 0 aromatic carbocycles. The number of carboxylic acids is 1.